The number of nitrogens with zero attached hydrogens (tertiary/aromatic N) is 6. The zero-order valence-corrected chi connectivity index (χ0v) is 17.7. The number of hydrogen-bond donors (Lipinski definition) is 2. The molecule has 0 saturated heterocycles. The molecule has 1 fully saturated rings. The average molecular weight is 450 g/mol. The fourth-order valence-corrected chi connectivity index (χ4v) is 3.99. The second kappa shape index (κ2) is 7.84. The molecular formula is C22H20F2N8O. The summed E-state index contributed by atoms with van der Waals surface area (Å²) in [6.45, 7) is 1.24. The summed E-state index contributed by atoms with van der Waals surface area (Å²) < 4.78 is 25.0. The molecule has 0 unspecified atom stereocenters. The van der Waals surface area contributed by atoms with Crippen LogP contribution in [0.5, 0.6) is 0 Å². The Kier molecular flexibility index (Phi) is 4.95. The molecule has 3 aromatic rings. The molecule has 33 heavy (non-hydrogen) atoms. The van der Waals surface area contributed by atoms with Gasteiger partial charge in [0.05, 0.1) is 28.7 Å². The number of nitrogens with two attached hydrogens (primary N) is 1. The number of anilines is 3. The van der Waals surface area contributed by atoms with Crippen molar-refractivity contribution >= 4 is 40.6 Å². The SMILES string of the molecule is Cc1cc2nccnc2cc1Nc1ncc2c(n1)N(/C(C=NCC(F)F)=C/N)C(=O)C21CC1. The van der Waals surface area contributed by atoms with Crippen molar-refractivity contribution < 1.29 is 13.6 Å². The number of halogens is 2. The van der Waals surface area contributed by atoms with E-state index in [0.717, 1.165) is 16.8 Å². The number of nitrogens with one attached hydrogen (secondary N) is 1. The van der Waals surface area contributed by atoms with Crippen molar-refractivity contribution in [2.24, 2.45) is 10.7 Å². The first kappa shape index (κ1) is 20.9. The van der Waals surface area contributed by atoms with Crippen LogP contribution in [0.15, 0.2) is 47.6 Å². The van der Waals surface area contributed by atoms with Gasteiger partial charge < -0.3 is 11.1 Å². The molecule has 2 aliphatic rings. The molecule has 0 radical (unpaired) electrons. The maximum atomic E-state index is 13.2. The first-order chi connectivity index (χ1) is 15.9. The van der Waals surface area contributed by atoms with Crippen molar-refractivity contribution in [3.05, 3.63) is 53.7 Å². The summed E-state index contributed by atoms with van der Waals surface area (Å²) in [5.41, 5.74) is 9.06. The highest BCUT2D eigenvalue weighted by Gasteiger charge is 2.61. The summed E-state index contributed by atoms with van der Waals surface area (Å²) >= 11 is 0. The molecule has 0 bridgehead atoms. The van der Waals surface area contributed by atoms with E-state index in [9.17, 15) is 13.6 Å². The number of aryl methyl sites for hydroxylation is 1. The smallest absolute Gasteiger partial charge is 0.257 e. The predicted molar refractivity (Wildman–Crippen MR) is 120 cm³/mol. The monoisotopic (exact) mass is 450 g/mol. The quantitative estimate of drug-likeness (QED) is 0.554. The lowest BCUT2D eigenvalue weighted by molar-refractivity contribution is -0.119. The molecule has 168 valence electrons. The Balaban J connectivity index is 1.51. The third-order valence-electron chi connectivity index (χ3n) is 5.82. The van der Waals surface area contributed by atoms with Crippen LogP contribution in [0.2, 0.25) is 0 Å². The van der Waals surface area contributed by atoms with Crippen molar-refractivity contribution in [3.8, 4) is 0 Å². The summed E-state index contributed by atoms with van der Waals surface area (Å²) in [5, 5.41) is 3.18. The molecule has 1 saturated carbocycles. The molecule has 1 spiro atoms. The third kappa shape index (κ3) is 3.55. The fourth-order valence-electron chi connectivity index (χ4n) is 3.99. The normalized spacial score (nSPS) is 16.9. The van der Waals surface area contributed by atoms with Gasteiger partial charge in [-0.05, 0) is 37.5 Å². The summed E-state index contributed by atoms with van der Waals surface area (Å²) in [4.78, 5) is 35.9. The molecule has 1 amide bonds. The number of allylic oxidation sites excluding steroid dienone is 1. The van der Waals surface area contributed by atoms with Crippen molar-refractivity contribution in [1.82, 2.24) is 19.9 Å². The average Bonchev–Trinajstić information content (AvgIpc) is 3.56. The van der Waals surface area contributed by atoms with E-state index >= 15 is 0 Å². The summed E-state index contributed by atoms with van der Waals surface area (Å²) in [6, 6.07) is 3.75. The topological polar surface area (TPSA) is 122 Å². The van der Waals surface area contributed by atoms with Crippen LogP contribution in [0, 0.1) is 6.92 Å². The fraction of sp³-hybridized carbons (Fsp3) is 0.273. The number of aromatic nitrogens is 4. The molecule has 5 rings (SSSR count). The van der Waals surface area contributed by atoms with Crippen LogP contribution in [0.25, 0.3) is 11.0 Å². The maximum absolute atomic E-state index is 13.2. The molecule has 0 atom stereocenters. The first-order valence-electron chi connectivity index (χ1n) is 10.3. The van der Waals surface area contributed by atoms with E-state index in [-0.39, 0.29) is 17.6 Å². The Morgan fingerprint density at radius 2 is 2.00 bits per heavy atom. The number of benzene rings is 1. The summed E-state index contributed by atoms with van der Waals surface area (Å²) in [6.07, 6.45) is 5.96. The van der Waals surface area contributed by atoms with Crippen LogP contribution in [0.3, 0.4) is 0 Å². The van der Waals surface area contributed by atoms with Crippen LogP contribution in [0.1, 0.15) is 24.0 Å². The molecule has 3 heterocycles. The lowest BCUT2D eigenvalue weighted by Crippen LogP contribution is -2.33. The van der Waals surface area contributed by atoms with E-state index in [0.29, 0.717) is 29.7 Å². The van der Waals surface area contributed by atoms with Crippen LogP contribution < -0.4 is 16.0 Å². The number of hydrogen-bond acceptors (Lipinski definition) is 8. The van der Waals surface area contributed by atoms with E-state index in [2.05, 4.69) is 30.2 Å². The zero-order chi connectivity index (χ0) is 23.2. The highest BCUT2D eigenvalue weighted by Crippen LogP contribution is 2.57. The van der Waals surface area contributed by atoms with Gasteiger partial charge >= 0.3 is 0 Å². The molecule has 1 aliphatic carbocycles. The molecule has 1 aromatic carbocycles. The lowest BCUT2D eigenvalue weighted by atomic mass is 10.0. The molecule has 2 aromatic heterocycles. The number of alkyl halides is 2. The van der Waals surface area contributed by atoms with Gasteiger partial charge in [0.2, 0.25) is 11.9 Å². The largest absolute Gasteiger partial charge is 0.403 e. The van der Waals surface area contributed by atoms with Crippen LogP contribution >= 0.6 is 0 Å². The van der Waals surface area contributed by atoms with Gasteiger partial charge in [-0.15, -0.1) is 0 Å². The molecule has 11 heteroatoms. The number of carbonyl (C=O) groups excluding carboxylic acids is 1. The van der Waals surface area contributed by atoms with Crippen LogP contribution in [-0.4, -0.2) is 45.0 Å². The summed E-state index contributed by atoms with van der Waals surface area (Å²) in [5.74, 6) is 0.436. The predicted octanol–water partition coefficient (Wildman–Crippen LogP) is 2.99. The molecule has 9 nitrogen and oxygen atoms in total. The van der Waals surface area contributed by atoms with Gasteiger partial charge in [-0.1, -0.05) is 0 Å². The van der Waals surface area contributed by atoms with Gasteiger partial charge in [0.1, 0.15) is 5.82 Å². The standard InChI is InChI=1S/C22H20F2N8O/c1-12-6-16-17(28-5-4-27-16)7-15(12)30-21-29-10-14-19(31-21)32(20(33)22(14)2-3-22)13(8-25)9-26-11-18(23)24/h4-10,18H,2-3,11,25H2,1H3,(H,29,30,31)/b13-8+,26-9?. The van der Waals surface area contributed by atoms with E-state index in [1.807, 2.05) is 19.1 Å². The van der Waals surface area contributed by atoms with Gasteiger partial charge in [0, 0.05) is 42.3 Å². The van der Waals surface area contributed by atoms with E-state index in [1.54, 1.807) is 18.6 Å². The number of aliphatic imine (C=N–C) groups is 1. The van der Waals surface area contributed by atoms with Gasteiger partial charge in [-0.3, -0.25) is 24.7 Å². The Morgan fingerprint density at radius 3 is 2.67 bits per heavy atom. The van der Waals surface area contributed by atoms with Crippen molar-refractivity contribution in [1.29, 1.82) is 0 Å². The molecular weight excluding hydrogens is 430 g/mol. The number of carbonyl (C=O) groups is 1. The van der Waals surface area contributed by atoms with Crippen LogP contribution in [0.4, 0.5) is 26.2 Å². The molecule has 3 N–H and O–H groups in total. The minimum atomic E-state index is -2.59. The van der Waals surface area contributed by atoms with E-state index in [4.69, 9.17) is 5.73 Å². The zero-order valence-electron chi connectivity index (χ0n) is 17.7. The number of fused-ring (bicyclic) bond motifs is 3. The van der Waals surface area contributed by atoms with Gasteiger partial charge in [-0.2, -0.15) is 4.98 Å². The third-order valence-corrected chi connectivity index (χ3v) is 5.82. The molecule has 1 aliphatic heterocycles. The highest BCUT2D eigenvalue weighted by molar-refractivity contribution is 6.14. The lowest BCUT2D eigenvalue weighted by Gasteiger charge is -2.18. The van der Waals surface area contributed by atoms with Crippen molar-refractivity contribution in [2.45, 2.75) is 31.6 Å². The van der Waals surface area contributed by atoms with Gasteiger partial charge in [0.25, 0.3) is 6.43 Å². The Labute approximate surface area is 187 Å². The second-order valence-corrected chi connectivity index (χ2v) is 7.97. The minimum absolute atomic E-state index is 0.187. The number of amides is 1. The van der Waals surface area contributed by atoms with Crippen LogP contribution in [-0.2, 0) is 10.2 Å². The minimum Gasteiger partial charge on any atom is -0.403 e. The maximum Gasteiger partial charge on any atom is 0.257 e. The Morgan fingerprint density at radius 1 is 1.27 bits per heavy atom. The van der Waals surface area contributed by atoms with Crippen molar-refractivity contribution in [3.63, 3.8) is 0 Å². The summed E-state index contributed by atoms with van der Waals surface area (Å²) in [7, 11) is 0. The highest BCUT2D eigenvalue weighted by atomic mass is 19.3. The van der Waals surface area contributed by atoms with Crippen molar-refractivity contribution in [2.75, 3.05) is 16.8 Å². The first-order valence-corrected chi connectivity index (χ1v) is 10.3. The Hall–Kier alpha value is -4.02. The Bertz CT molecular complexity index is 1320. The van der Waals surface area contributed by atoms with E-state index < -0.39 is 18.4 Å². The van der Waals surface area contributed by atoms with Gasteiger partial charge in [-0.25, -0.2) is 13.8 Å². The van der Waals surface area contributed by atoms with E-state index in [1.165, 1.54) is 17.3 Å². The number of rotatable bonds is 6. The second-order valence-electron chi connectivity index (χ2n) is 7.97. The van der Waals surface area contributed by atoms with Gasteiger partial charge in [0.15, 0.2) is 0 Å².